The highest BCUT2D eigenvalue weighted by molar-refractivity contribution is 4.97. The number of aliphatic hydroxyl groups is 1. The Balaban J connectivity index is 1.89. The van der Waals surface area contributed by atoms with Gasteiger partial charge in [0, 0.05) is 17.6 Å². The molecule has 2 fully saturated rings. The van der Waals surface area contributed by atoms with Gasteiger partial charge < -0.3 is 15.7 Å². The van der Waals surface area contributed by atoms with Gasteiger partial charge in [-0.25, -0.2) is 0 Å². The second-order valence-electron chi connectivity index (χ2n) is 6.23. The predicted octanol–water partition coefficient (Wildman–Crippen LogP) is 1.88. The van der Waals surface area contributed by atoms with Crippen molar-refractivity contribution in [1.82, 2.24) is 4.90 Å². The van der Waals surface area contributed by atoms with Gasteiger partial charge in [0.25, 0.3) is 0 Å². The summed E-state index contributed by atoms with van der Waals surface area (Å²) in [6, 6.07) is 1.35. The molecule has 3 nitrogen and oxygen atoms in total. The highest BCUT2D eigenvalue weighted by Crippen LogP contribution is 2.33. The van der Waals surface area contributed by atoms with Crippen molar-refractivity contribution in [3.05, 3.63) is 0 Å². The molecule has 0 bridgehead atoms. The van der Waals surface area contributed by atoms with Gasteiger partial charge in [-0.3, -0.25) is 0 Å². The summed E-state index contributed by atoms with van der Waals surface area (Å²) < 4.78 is 0. The number of hydrogen-bond donors (Lipinski definition) is 2. The van der Waals surface area contributed by atoms with Crippen LogP contribution < -0.4 is 5.73 Å². The van der Waals surface area contributed by atoms with Gasteiger partial charge in [0.15, 0.2) is 0 Å². The molecule has 2 rings (SSSR count). The molecule has 0 saturated heterocycles. The molecule has 3 N–H and O–H groups in total. The molecule has 0 aromatic carbocycles. The maximum atomic E-state index is 9.34. The van der Waals surface area contributed by atoms with E-state index < -0.39 is 0 Å². The van der Waals surface area contributed by atoms with Gasteiger partial charge in [0.2, 0.25) is 0 Å². The number of hydrogen-bond acceptors (Lipinski definition) is 3. The second kappa shape index (κ2) is 5.68. The lowest BCUT2D eigenvalue weighted by Gasteiger charge is -2.33. The Morgan fingerprint density at radius 3 is 2.29 bits per heavy atom. The fourth-order valence-electron chi connectivity index (χ4n) is 3.58. The lowest BCUT2D eigenvalue weighted by atomic mass is 9.99. The van der Waals surface area contributed by atoms with Gasteiger partial charge in [-0.05, 0) is 39.2 Å². The zero-order chi connectivity index (χ0) is 12.3. The van der Waals surface area contributed by atoms with Crippen molar-refractivity contribution in [2.24, 2.45) is 5.73 Å². The summed E-state index contributed by atoms with van der Waals surface area (Å²) in [5.41, 5.74) is 5.87. The molecule has 0 spiro atoms. The van der Waals surface area contributed by atoms with Crippen LogP contribution >= 0.6 is 0 Å². The summed E-state index contributed by atoms with van der Waals surface area (Å²) in [6.07, 6.45) is 11.4. The normalized spacial score (nSPS) is 36.4. The van der Waals surface area contributed by atoms with E-state index in [9.17, 15) is 5.11 Å². The summed E-state index contributed by atoms with van der Waals surface area (Å²) in [5, 5.41) is 9.34. The first-order valence-electron chi connectivity index (χ1n) is 7.26. The fraction of sp³-hybridized carbons (Fsp3) is 1.00. The summed E-state index contributed by atoms with van der Waals surface area (Å²) >= 11 is 0. The minimum Gasteiger partial charge on any atom is -0.394 e. The third-order valence-electron chi connectivity index (χ3n) is 4.91. The van der Waals surface area contributed by atoms with Crippen LogP contribution in [0.1, 0.15) is 57.8 Å². The van der Waals surface area contributed by atoms with Gasteiger partial charge in [-0.2, -0.15) is 0 Å². The van der Waals surface area contributed by atoms with Crippen LogP contribution in [0.3, 0.4) is 0 Å². The first-order chi connectivity index (χ1) is 8.14. The molecule has 0 aromatic heterocycles. The van der Waals surface area contributed by atoms with E-state index in [1.165, 1.54) is 38.5 Å². The maximum absolute atomic E-state index is 9.34. The molecule has 100 valence electrons. The lowest BCUT2D eigenvalue weighted by molar-refractivity contribution is 0.142. The monoisotopic (exact) mass is 240 g/mol. The van der Waals surface area contributed by atoms with Crippen molar-refractivity contribution < 1.29 is 5.11 Å². The molecule has 17 heavy (non-hydrogen) atoms. The van der Waals surface area contributed by atoms with E-state index in [1.807, 2.05) is 0 Å². The summed E-state index contributed by atoms with van der Waals surface area (Å²) in [6.45, 7) is 0.141. The molecule has 0 aromatic rings. The molecule has 2 aliphatic rings. The van der Waals surface area contributed by atoms with Gasteiger partial charge in [-0.1, -0.05) is 25.7 Å². The van der Waals surface area contributed by atoms with Crippen LogP contribution in [0.5, 0.6) is 0 Å². The van der Waals surface area contributed by atoms with Crippen LogP contribution in [0.4, 0.5) is 0 Å². The Labute approximate surface area is 105 Å². The van der Waals surface area contributed by atoms with Crippen molar-refractivity contribution in [3.63, 3.8) is 0 Å². The summed E-state index contributed by atoms with van der Waals surface area (Å²) in [5.74, 6) is 0. The smallest absolute Gasteiger partial charge is 0.0611 e. The van der Waals surface area contributed by atoms with E-state index in [0.29, 0.717) is 6.04 Å². The minimum atomic E-state index is -0.302. The first-order valence-corrected chi connectivity index (χ1v) is 7.26. The van der Waals surface area contributed by atoms with Crippen LogP contribution in [0.15, 0.2) is 0 Å². The Hall–Kier alpha value is -0.120. The molecule has 2 aliphatic carbocycles. The van der Waals surface area contributed by atoms with Crippen molar-refractivity contribution in [3.8, 4) is 0 Å². The van der Waals surface area contributed by atoms with Gasteiger partial charge in [0.05, 0.1) is 6.61 Å². The Morgan fingerprint density at radius 1 is 1.12 bits per heavy atom. The molecule has 0 aliphatic heterocycles. The van der Waals surface area contributed by atoms with E-state index in [4.69, 9.17) is 5.73 Å². The van der Waals surface area contributed by atoms with Gasteiger partial charge in [-0.15, -0.1) is 0 Å². The minimum absolute atomic E-state index is 0.141. The van der Waals surface area contributed by atoms with Gasteiger partial charge in [0.1, 0.15) is 0 Å². The van der Waals surface area contributed by atoms with Crippen molar-refractivity contribution in [2.45, 2.75) is 75.4 Å². The maximum Gasteiger partial charge on any atom is 0.0611 e. The van der Waals surface area contributed by atoms with Crippen LogP contribution in [0, 0.1) is 0 Å². The van der Waals surface area contributed by atoms with E-state index in [0.717, 1.165) is 25.3 Å². The van der Waals surface area contributed by atoms with Crippen LogP contribution in [0.2, 0.25) is 0 Å². The number of aliphatic hydroxyl groups excluding tert-OH is 1. The topological polar surface area (TPSA) is 49.5 Å². The third-order valence-corrected chi connectivity index (χ3v) is 4.91. The predicted molar refractivity (Wildman–Crippen MR) is 70.9 cm³/mol. The van der Waals surface area contributed by atoms with Crippen LogP contribution in [0.25, 0.3) is 0 Å². The molecule has 0 heterocycles. The van der Waals surface area contributed by atoms with Crippen LogP contribution in [-0.4, -0.2) is 41.3 Å². The van der Waals surface area contributed by atoms with Crippen molar-refractivity contribution in [2.75, 3.05) is 13.7 Å². The average molecular weight is 240 g/mol. The Kier molecular flexibility index (Phi) is 4.45. The van der Waals surface area contributed by atoms with Gasteiger partial charge >= 0.3 is 0 Å². The highest BCUT2D eigenvalue weighted by Gasteiger charge is 2.38. The highest BCUT2D eigenvalue weighted by atomic mass is 16.3. The molecule has 3 heteroatoms. The number of rotatable bonds is 3. The third kappa shape index (κ3) is 3.21. The number of nitrogens with zero attached hydrogens (tertiary/aromatic N) is 1. The van der Waals surface area contributed by atoms with E-state index in [2.05, 4.69) is 11.9 Å². The first kappa shape index (κ1) is 13.3. The Morgan fingerprint density at radius 2 is 1.76 bits per heavy atom. The lowest BCUT2D eigenvalue weighted by Crippen LogP contribution is -2.45. The standard InChI is InChI=1S/C14H28N2O/c1-16(12-6-4-2-3-5-7-12)13-8-9-14(15,10-13)11-17/h12-13,17H,2-11,15H2,1H3. The quantitative estimate of drug-likeness (QED) is 0.741. The largest absolute Gasteiger partial charge is 0.394 e. The molecular formula is C14H28N2O. The van der Waals surface area contributed by atoms with Crippen molar-refractivity contribution >= 4 is 0 Å². The SMILES string of the molecule is CN(C1CCCCCC1)C1CCC(N)(CO)C1. The van der Waals surface area contributed by atoms with Crippen LogP contribution in [-0.2, 0) is 0 Å². The molecule has 0 amide bonds. The fourth-order valence-corrected chi connectivity index (χ4v) is 3.58. The summed E-state index contributed by atoms with van der Waals surface area (Å²) in [7, 11) is 2.27. The van der Waals surface area contributed by atoms with E-state index in [1.54, 1.807) is 0 Å². The molecule has 2 saturated carbocycles. The molecule has 2 atom stereocenters. The number of nitrogens with two attached hydrogens (primary N) is 1. The summed E-state index contributed by atoms with van der Waals surface area (Å²) in [4.78, 5) is 2.57. The second-order valence-corrected chi connectivity index (χ2v) is 6.23. The van der Waals surface area contributed by atoms with E-state index in [-0.39, 0.29) is 12.1 Å². The molecule has 0 radical (unpaired) electrons. The molecule has 2 unspecified atom stereocenters. The Bertz CT molecular complexity index is 238. The zero-order valence-electron chi connectivity index (χ0n) is 11.2. The van der Waals surface area contributed by atoms with E-state index >= 15 is 0 Å². The molecular weight excluding hydrogens is 212 g/mol. The van der Waals surface area contributed by atoms with Crippen molar-refractivity contribution in [1.29, 1.82) is 0 Å². The zero-order valence-corrected chi connectivity index (χ0v) is 11.2. The average Bonchev–Trinajstić information content (AvgIpc) is 2.56.